The number of aryl methyl sites for hydroxylation is 1. The van der Waals surface area contributed by atoms with Crippen molar-refractivity contribution >= 4 is 11.6 Å². The Kier molecular flexibility index (Phi) is 5.33. The number of amides is 1. The third-order valence-electron chi connectivity index (χ3n) is 5.72. The number of imidazole rings is 1. The van der Waals surface area contributed by atoms with Crippen LogP contribution in [0, 0.1) is 6.92 Å². The van der Waals surface area contributed by atoms with Crippen molar-refractivity contribution in [1.82, 2.24) is 19.4 Å². The minimum absolute atomic E-state index is 0.0222. The van der Waals surface area contributed by atoms with Crippen LogP contribution in [0.5, 0.6) is 0 Å². The molecule has 1 aliphatic heterocycles. The molecular weight excluding hydrogens is 374 g/mol. The number of aromatic nitrogens is 3. The Morgan fingerprint density at radius 3 is 2.50 bits per heavy atom. The predicted octanol–water partition coefficient (Wildman–Crippen LogP) is 4.10. The number of pyridine rings is 1. The van der Waals surface area contributed by atoms with Crippen molar-refractivity contribution < 1.29 is 4.79 Å². The molecule has 0 aliphatic carbocycles. The number of carbonyl (C=O) groups is 1. The maximum absolute atomic E-state index is 12.2. The molecular formula is C24H29N5O. The molecule has 0 fully saturated rings. The van der Waals surface area contributed by atoms with E-state index >= 15 is 0 Å². The van der Waals surface area contributed by atoms with E-state index in [0.29, 0.717) is 11.5 Å². The van der Waals surface area contributed by atoms with Crippen LogP contribution < -0.4 is 4.90 Å². The number of nitrogens with zero attached hydrogens (tertiary/aromatic N) is 5. The molecule has 6 nitrogen and oxygen atoms in total. The van der Waals surface area contributed by atoms with Crippen LogP contribution in [0.1, 0.15) is 47.3 Å². The van der Waals surface area contributed by atoms with Crippen LogP contribution in [0.3, 0.4) is 0 Å². The van der Waals surface area contributed by atoms with E-state index in [1.54, 1.807) is 19.0 Å². The molecule has 156 valence electrons. The first-order valence-corrected chi connectivity index (χ1v) is 10.4. The number of hydrogen-bond donors (Lipinski definition) is 0. The van der Waals surface area contributed by atoms with Crippen molar-refractivity contribution in [2.75, 3.05) is 25.5 Å². The van der Waals surface area contributed by atoms with Gasteiger partial charge >= 0.3 is 0 Å². The Morgan fingerprint density at radius 1 is 1.10 bits per heavy atom. The molecule has 1 aromatic carbocycles. The molecule has 1 amide bonds. The zero-order valence-electron chi connectivity index (χ0n) is 18.4. The first kappa shape index (κ1) is 20.1. The number of anilines is 1. The highest BCUT2D eigenvalue weighted by Crippen LogP contribution is 2.33. The zero-order valence-corrected chi connectivity index (χ0v) is 18.4. The van der Waals surface area contributed by atoms with Crippen molar-refractivity contribution in [1.29, 1.82) is 0 Å². The fourth-order valence-electron chi connectivity index (χ4n) is 4.13. The highest BCUT2D eigenvalue weighted by atomic mass is 16.2. The van der Waals surface area contributed by atoms with Crippen LogP contribution in [-0.4, -0.2) is 46.0 Å². The van der Waals surface area contributed by atoms with Crippen molar-refractivity contribution in [3.05, 3.63) is 65.4 Å². The number of rotatable bonds is 4. The summed E-state index contributed by atoms with van der Waals surface area (Å²) in [6.45, 7) is 9.01. The fraction of sp³-hybridized carbons (Fsp3) is 0.375. The Morgan fingerprint density at radius 2 is 1.83 bits per heavy atom. The molecule has 3 aromatic rings. The molecule has 1 aliphatic rings. The highest BCUT2D eigenvalue weighted by molar-refractivity contribution is 5.94. The van der Waals surface area contributed by atoms with E-state index in [1.165, 1.54) is 5.69 Å². The van der Waals surface area contributed by atoms with Gasteiger partial charge in [-0.3, -0.25) is 9.78 Å². The summed E-state index contributed by atoms with van der Waals surface area (Å²) in [6.07, 6.45) is 1.86. The first-order chi connectivity index (χ1) is 14.4. The molecule has 0 radical (unpaired) electrons. The van der Waals surface area contributed by atoms with Gasteiger partial charge in [-0.05, 0) is 49.2 Å². The van der Waals surface area contributed by atoms with E-state index in [-0.39, 0.29) is 5.91 Å². The molecule has 0 unspecified atom stereocenters. The molecule has 3 heterocycles. The normalized spacial score (nSPS) is 13.5. The Labute approximate surface area is 178 Å². The van der Waals surface area contributed by atoms with E-state index in [1.807, 2.05) is 36.5 Å². The Balaban J connectivity index is 1.67. The van der Waals surface area contributed by atoms with Crippen LogP contribution >= 0.6 is 0 Å². The maximum atomic E-state index is 12.2. The summed E-state index contributed by atoms with van der Waals surface area (Å²) >= 11 is 0. The van der Waals surface area contributed by atoms with Crippen molar-refractivity contribution in [3.8, 4) is 11.3 Å². The van der Waals surface area contributed by atoms with Gasteiger partial charge in [-0.15, -0.1) is 0 Å². The van der Waals surface area contributed by atoms with Crippen molar-refractivity contribution in [2.24, 2.45) is 0 Å². The van der Waals surface area contributed by atoms with Crippen LogP contribution in [-0.2, 0) is 13.1 Å². The third-order valence-corrected chi connectivity index (χ3v) is 5.72. The quantitative estimate of drug-likeness (QED) is 0.658. The predicted molar refractivity (Wildman–Crippen MR) is 120 cm³/mol. The molecule has 0 atom stereocenters. The summed E-state index contributed by atoms with van der Waals surface area (Å²) in [7, 11) is 3.55. The lowest BCUT2D eigenvalue weighted by atomic mass is 10.00. The van der Waals surface area contributed by atoms with Gasteiger partial charge < -0.3 is 14.4 Å². The molecule has 4 rings (SSSR count). The van der Waals surface area contributed by atoms with E-state index in [4.69, 9.17) is 4.98 Å². The van der Waals surface area contributed by atoms with Gasteiger partial charge in [-0.1, -0.05) is 13.8 Å². The van der Waals surface area contributed by atoms with Crippen LogP contribution in [0.2, 0.25) is 0 Å². The van der Waals surface area contributed by atoms with Gasteiger partial charge in [-0.2, -0.15) is 0 Å². The molecule has 0 N–H and O–H groups in total. The summed E-state index contributed by atoms with van der Waals surface area (Å²) in [4.78, 5) is 25.7. The lowest BCUT2D eigenvalue weighted by Crippen LogP contribution is -2.34. The number of fused-ring (bicyclic) bond motifs is 1. The summed E-state index contributed by atoms with van der Waals surface area (Å²) in [5.74, 6) is 1.40. The van der Waals surface area contributed by atoms with Crippen LogP contribution in [0.15, 0.2) is 42.6 Å². The molecule has 30 heavy (non-hydrogen) atoms. The number of hydrogen-bond acceptors (Lipinski definition) is 4. The molecule has 0 spiro atoms. The van der Waals surface area contributed by atoms with Gasteiger partial charge in [0.1, 0.15) is 5.82 Å². The minimum atomic E-state index is 0.0222. The van der Waals surface area contributed by atoms with Gasteiger partial charge in [0.15, 0.2) is 0 Å². The molecule has 0 saturated heterocycles. The van der Waals surface area contributed by atoms with Crippen LogP contribution in [0.4, 0.5) is 5.69 Å². The van der Waals surface area contributed by atoms with Gasteiger partial charge in [0.2, 0.25) is 0 Å². The van der Waals surface area contributed by atoms with E-state index in [2.05, 4.69) is 41.3 Å². The van der Waals surface area contributed by atoms with Gasteiger partial charge in [-0.25, -0.2) is 4.98 Å². The third kappa shape index (κ3) is 3.58. The van der Waals surface area contributed by atoms with Gasteiger partial charge in [0.05, 0.1) is 23.6 Å². The van der Waals surface area contributed by atoms with Crippen molar-refractivity contribution in [2.45, 2.75) is 39.8 Å². The lowest BCUT2D eigenvalue weighted by molar-refractivity contribution is 0.0827. The standard InChI is InChI=1S/C24H29N5O/c1-16(2)22-20(7-6-12-25-22)23-21-15-28(13-14-29(21)17(3)26-23)19-10-8-18(9-11-19)24(30)27(4)5/h6-12,16H,13-15H2,1-5H3. The minimum Gasteiger partial charge on any atom is -0.364 e. The zero-order chi connectivity index (χ0) is 21.4. The second-order valence-corrected chi connectivity index (χ2v) is 8.36. The molecule has 2 aromatic heterocycles. The summed E-state index contributed by atoms with van der Waals surface area (Å²) in [6, 6.07) is 12.0. The fourth-order valence-corrected chi connectivity index (χ4v) is 4.13. The maximum Gasteiger partial charge on any atom is 0.253 e. The smallest absolute Gasteiger partial charge is 0.253 e. The van der Waals surface area contributed by atoms with Gasteiger partial charge in [0.25, 0.3) is 5.91 Å². The van der Waals surface area contributed by atoms with Gasteiger partial charge in [0, 0.05) is 50.2 Å². The number of benzene rings is 1. The molecule has 0 saturated carbocycles. The summed E-state index contributed by atoms with van der Waals surface area (Å²) in [5, 5.41) is 0. The van der Waals surface area contributed by atoms with E-state index in [0.717, 1.165) is 48.1 Å². The molecule has 0 bridgehead atoms. The largest absolute Gasteiger partial charge is 0.364 e. The van der Waals surface area contributed by atoms with E-state index in [9.17, 15) is 4.79 Å². The SMILES string of the molecule is Cc1nc(-c2cccnc2C(C)C)c2n1CCN(c1ccc(C(=O)N(C)C)cc1)C2. The second-order valence-electron chi connectivity index (χ2n) is 8.36. The highest BCUT2D eigenvalue weighted by Gasteiger charge is 2.25. The Bertz CT molecular complexity index is 1070. The Hall–Kier alpha value is -3.15. The molecule has 6 heteroatoms. The van der Waals surface area contributed by atoms with Crippen molar-refractivity contribution in [3.63, 3.8) is 0 Å². The summed E-state index contributed by atoms with van der Waals surface area (Å²) < 4.78 is 2.33. The summed E-state index contributed by atoms with van der Waals surface area (Å²) in [5.41, 5.74) is 6.30. The average Bonchev–Trinajstić information content (AvgIpc) is 3.09. The average molecular weight is 404 g/mol. The second kappa shape index (κ2) is 7.94. The van der Waals surface area contributed by atoms with E-state index < -0.39 is 0 Å². The lowest BCUT2D eigenvalue weighted by Gasteiger charge is -2.31. The first-order valence-electron chi connectivity index (χ1n) is 10.4. The number of carbonyl (C=O) groups excluding carboxylic acids is 1. The topological polar surface area (TPSA) is 54.3 Å². The monoisotopic (exact) mass is 403 g/mol. The van der Waals surface area contributed by atoms with Crippen LogP contribution in [0.25, 0.3) is 11.3 Å².